The number of piperidine rings is 1. The van der Waals surface area contributed by atoms with Crippen LogP contribution in [-0.2, 0) is 10.0 Å². The minimum absolute atomic E-state index is 0.268. The molecule has 28 heavy (non-hydrogen) atoms. The van der Waals surface area contributed by atoms with E-state index in [1.54, 1.807) is 10.6 Å². The van der Waals surface area contributed by atoms with Crippen LogP contribution >= 0.6 is 0 Å². The number of nitrogens with one attached hydrogen (secondary N) is 1. The van der Waals surface area contributed by atoms with Gasteiger partial charge in [0.05, 0.1) is 11.1 Å². The van der Waals surface area contributed by atoms with E-state index in [0.29, 0.717) is 30.8 Å². The van der Waals surface area contributed by atoms with E-state index in [1.165, 1.54) is 0 Å². The number of sulfonamides is 1. The second kappa shape index (κ2) is 7.99. The fourth-order valence-corrected chi connectivity index (χ4v) is 6.84. The molecule has 0 amide bonds. The summed E-state index contributed by atoms with van der Waals surface area (Å²) in [5.41, 5.74) is 0.854. The van der Waals surface area contributed by atoms with Gasteiger partial charge in [-0.05, 0) is 56.4 Å². The van der Waals surface area contributed by atoms with E-state index in [0.717, 1.165) is 55.4 Å². The molecule has 154 valence electrons. The lowest BCUT2D eigenvalue weighted by molar-refractivity contribution is 0.275. The van der Waals surface area contributed by atoms with Gasteiger partial charge >= 0.3 is 0 Å². The van der Waals surface area contributed by atoms with Gasteiger partial charge in [-0.1, -0.05) is 6.92 Å². The Morgan fingerprint density at radius 1 is 1.21 bits per heavy atom. The SMILES string of the molecule is CC1CCCN(S(=O)(=O)CC2CCC(N(C)c3ncnc4[nH]ccc34)CC2)C1. The van der Waals surface area contributed by atoms with Crippen LogP contribution in [0.4, 0.5) is 5.82 Å². The van der Waals surface area contributed by atoms with Crippen LogP contribution in [0.5, 0.6) is 0 Å². The molecule has 1 N–H and O–H groups in total. The van der Waals surface area contributed by atoms with E-state index < -0.39 is 10.0 Å². The molecule has 0 bridgehead atoms. The van der Waals surface area contributed by atoms with Crippen LogP contribution in [0.1, 0.15) is 45.4 Å². The Hall–Kier alpha value is -1.67. The quantitative estimate of drug-likeness (QED) is 0.827. The zero-order chi connectivity index (χ0) is 19.7. The molecule has 0 radical (unpaired) electrons. The fourth-order valence-electron chi connectivity index (χ4n) is 4.81. The van der Waals surface area contributed by atoms with E-state index in [9.17, 15) is 8.42 Å². The maximum atomic E-state index is 12.8. The third kappa shape index (κ3) is 4.03. The maximum Gasteiger partial charge on any atom is 0.214 e. The molecule has 1 atom stereocenters. The third-order valence-corrected chi connectivity index (χ3v) is 8.50. The number of nitrogens with zero attached hydrogens (tertiary/aromatic N) is 4. The maximum absolute atomic E-state index is 12.8. The number of aromatic nitrogens is 3. The molecular formula is C20H31N5O2S. The monoisotopic (exact) mass is 405 g/mol. The highest BCUT2D eigenvalue weighted by Crippen LogP contribution is 2.32. The lowest BCUT2D eigenvalue weighted by atomic mass is 9.86. The molecule has 1 aliphatic heterocycles. The number of anilines is 1. The second-order valence-electron chi connectivity index (χ2n) is 8.61. The predicted molar refractivity (Wildman–Crippen MR) is 112 cm³/mol. The highest BCUT2D eigenvalue weighted by atomic mass is 32.2. The van der Waals surface area contributed by atoms with Gasteiger partial charge in [-0.15, -0.1) is 0 Å². The highest BCUT2D eigenvalue weighted by Gasteiger charge is 2.32. The Bertz CT molecular complexity index is 904. The molecule has 2 fully saturated rings. The van der Waals surface area contributed by atoms with Crippen molar-refractivity contribution in [3.8, 4) is 0 Å². The molecule has 1 unspecified atom stereocenters. The van der Waals surface area contributed by atoms with Gasteiger partial charge in [0.2, 0.25) is 10.0 Å². The highest BCUT2D eigenvalue weighted by molar-refractivity contribution is 7.89. The van der Waals surface area contributed by atoms with Crippen LogP contribution in [0.15, 0.2) is 18.6 Å². The minimum atomic E-state index is -3.13. The number of fused-ring (bicyclic) bond motifs is 1. The van der Waals surface area contributed by atoms with E-state index in [4.69, 9.17) is 0 Å². The van der Waals surface area contributed by atoms with Gasteiger partial charge in [-0.3, -0.25) is 0 Å². The van der Waals surface area contributed by atoms with E-state index in [2.05, 4.69) is 33.8 Å². The molecule has 0 aromatic carbocycles. The summed E-state index contributed by atoms with van der Waals surface area (Å²) in [6.07, 6.45) is 9.54. The minimum Gasteiger partial charge on any atom is -0.356 e. The van der Waals surface area contributed by atoms with Crippen molar-refractivity contribution in [2.75, 3.05) is 30.8 Å². The number of rotatable bonds is 5. The summed E-state index contributed by atoms with van der Waals surface area (Å²) in [6, 6.07) is 2.40. The van der Waals surface area contributed by atoms with Gasteiger partial charge in [0.1, 0.15) is 17.8 Å². The molecule has 1 saturated carbocycles. The zero-order valence-electron chi connectivity index (χ0n) is 16.8. The number of aromatic amines is 1. The van der Waals surface area contributed by atoms with Crippen molar-refractivity contribution in [1.29, 1.82) is 0 Å². The van der Waals surface area contributed by atoms with Gasteiger partial charge in [0, 0.05) is 32.4 Å². The summed E-state index contributed by atoms with van der Waals surface area (Å²) >= 11 is 0. The van der Waals surface area contributed by atoms with Gasteiger partial charge in [-0.2, -0.15) is 0 Å². The molecule has 1 saturated heterocycles. The lowest BCUT2D eigenvalue weighted by Gasteiger charge is -2.36. The third-order valence-electron chi connectivity index (χ3n) is 6.49. The Kier molecular flexibility index (Phi) is 5.60. The van der Waals surface area contributed by atoms with Gasteiger partial charge in [0.15, 0.2) is 0 Å². The van der Waals surface area contributed by atoms with Crippen molar-refractivity contribution in [3.63, 3.8) is 0 Å². The summed E-state index contributed by atoms with van der Waals surface area (Å²) in [4.78, 5) is 14.1. The van der Waals surface area contributed by atoms with Crippen molar-refractivity contribution in [2.24, 2.45) is 11.8 Å². The van der Waals surface area contributed by atoms with Gasteiger partial charge < -0.3 is 9.88 Å². The Morgan fingerprint density at radius 2 is 2.00 bits per heavy atom. The first kappa shape index (κ1) is 19.6. The summed E-state index contributed by atoms with van der Waals surface area (Å²) in [5, 5.41) is 1.04. The smallest absolute Gasteiger partial charge is 0.214 e. The summed E-state index contributed by atoms with van der Waals surface area (Å²) in [5.74, 6) is 2.01. The van der Waals surface area contributed by atoms with Gasteiger partial charge in [-0.25, -0.2) is 22.7 Å². The molecule has 2 aromatic rings. The Balaban J connectivity index is 1.36. The van der Waals surface area contributed by atoms with E-state index >= 15 is 0 Å². The van der Waals surface area contributed by atoms with Crippen LogP contribution in [0.25, 0.3) is 11.0 Å². The normalized spacial score (nSPS) is 27.1. The molecule has 0 spiro atoms. The number of H-pyrrole nitrogens is 1. The van der Waals surface area contributed by atoms with Crippen molar-refractivity contribution in [2.45, 2.75) is 51.5 Å². The van der Waals surface area contributed by atoms with Crippen molar-refractivity contribution >= 4 is 26.9 Å². The molecule has 3 heterocycles. The first-order valence-corrected chi connectivity index (χ1v) is 12.0. The molecular weight excluding hydrogens is 374 g/mol. The summed E-state index contributed by atoms with van der Waals surface area (Å²) in [7, 11) is -1.04. The van der Waals surface area contributed by atoms with E-state index in [1.807, 2.05) is 12.3 Å². The second-order valence-corrected chi connectivity index (χ2v) is 10.6. The molecule has 2 aliphatic rings. The number of hydrogen-bond acceptors (Lipinski definition) is 5. The Labute approximate surface area is 167 Å². The molecule has 1 aliphatic carbocycles. The predicted octanol–water partition coefficient (Wildman–Crippen LogP) is 3.01. The standard InChI is InChI=1S/C20H31N5O2S/c1-15-4-3-11-25(12-15)28(26,27)13-16-5-7-17(8-6-16)24(2)20-18-9-10-21-19(18)22-14-23-20/h9-10,14-17H,3-8,11-13H2,1-2H3,(H,21,22,23). The molecule has 8 heteroatoms. The molecule has 7 nitrogen and oxygen atoms in total. The first-order chi connectivity index (χ1) is 13.4. The summed E-state index contributed by atoms with van der Waals surface area (Å²) < 4.78 is 27.4. The lowest BCUT2D eigenvalue weighted by Crippen LogP contribution is -2.43. The summed E-state index contributed by atoms with van der Waals surface area (Å²) in [6.45, 7) is 3.54. The average Bonchev–Trinajstić information content (AvgIpc) is 3.17. The van der Waals surface area contributed by atoms with Crippen LogP contribution in [-0.4, -0.2) is 59.6 Å². The van der Waals surface area contributed by atoms with Crippen LogP contribution in [0.3, 0.4) is 0 Å². The average molecular weight is 406 g/mol. The van der Waals surface area contributed by atoms with Crippen molar-refractivity contribution in [3.05, 3.63) is 18.6 Å². The van der Waals surface area contributed by atoms with Crippen LogP contribution in [0, 0.1) is 11.8 Å². The van der Waals surface area contributed by atoms with Crippen LogP contribution in [0.2, 0.25) is 0 Å². The fraction of sp³-hybridized carbons (Fsp3) is 0.700. The Morgan fingerprint density at radius 3 is 2.75 bits per heavy atom. The largest absolute Gasteiger partial charge is 0.356 e. The first-order valence-electron chi connectivity index (χ1n) is 10.4. The van der Waals surface area contributed by atoms with Gasteiger partial charge in [0.25, 0.3) is 0 Å². The van der Waals surface area contributed by atoms with E-state index in [-0.39, 0.29) is 5.92 Å². The van der Waals surface area contributed by atoms with Crippen LogP contribution < -0.4 is 4.90 Å². The van der Waals surface area contributed by atoms with Crippen molar-refractivity contribution in [1.82, 2.24) is 19.3 Å². The van der Waals surface area contributed by atoms with Crippen molar-refractivity contribution < 1.29 is 8.42 Å². The number of hydrogen-bond donors (Lipinski definition) is 1. The topological polar surface area (TPSA) is 82.2 Å². The molecule has 4 rings (SSSR count). The zero-order valence-corrected chi connectivity index (χ0v) is 17.7. The molecule has 2 aromatic heterocycles.